The lowest BCUT2D eigenvalue weighted by Gasteiger charge is -2.09. The average Bonchev–Trinajstić information content (AvgIpc) is 2.96. The molecule has 0 spiro atoms. The molecule has 0 radical (unpaired) electrons. The van der Waals surface area contributed by atoms with Gasteiger partial charge in [-0.2, -0.15) is 0 Å². The van der Waals surface area contributed by atoms with Crippen LogP contribution in [0.1, 0.15) is 17.3 Å². The topological polar surface area (TPSA) is 120 Å². The molecule has 1 aromatic carbocycles. The van der Waals surface area contributed by atoms with E-state index in [0.717, 1.165) is 4.57 Å². The first kappa shape index (κ1) is 16.2. The van der Waals surface area contributed by atoms with Crippen LogP contribution in [0, 0.1) is 0 Å². The number of carbonyl (C=O) groups excluding carboxylic acids is 2. The summed E-state index contributed by atoms with van der Waals surface area (Å²) in [6, 6.07) is 6.60. The number of hydrogen-bond acceptors (Lipinski definition) is 7. The van der Waals surface area contributed by atoms with Gasteiger partial charge in [-0.1, -0.05) is 17.3 Å². The van der Waals surface area contributed by atoms with Gasteiger partial charge in [-0.25, -0.2) is 14.3 Å². The Labute approximate surface area is 141 Å². The van der Waals surface area contributed by atoms with E-state index in [1.165, 1.54) is 25.5 Å². The molecule has 0 saturated carbocycles. The lowest BCUT2D eigenvalue weighted by Crippen LogP contribution is -2.26. The molecule has 0 unspecified atom stereocenters. The molecule has 9 nitrogen and oxygen atoms in total. The van der Waals surface area contributed by atoms with E-state index in [4.69, 9.17) is 0 Å². The second-order valence-corrected chi connectivity index (χ2v) is 5.10. The van der Waals surface area contributed by atoms with E-state index in [2.05, 4.69) is 25.0 Å². The Kier molecular flexibility index (Phi) is 4.46. The number of para-hydroxylation sites is 1. The number of nitrogens with one attached hydrogen (secondary N) is 1. The van der Waals surface area contributed by atoms with Gasteiger partial charge in [-0.3, -0.25) is 19.1 Å². The van der Waals surface area contributed by atoms with Crippen molar-refractivity contribution in [1.29, 1.82) is 0 Å². The number of amides is 1. The second-order valence-electron chi connectivity index (χ2n) is 5.10. The van der Waals surface area contributed by atoms with Gasteiger partial charge < -0.3 is 5.32 Å². The van der Waals surface area contributed by atoms with Gasteiger partial charge in [0.15, 0.2) is 5.78 Å². The molecule has 0 saturated heterocycles. The van der Waals surface area contributed by atoms with E-state index in [1.54, 1.807) is 24.3 Å². The summed E-state index contributed by atoms with van der Waals surface area (Å²) in [5.74, 6) is -1.40. The molecular formula is C16H13N5O4. The third-order valence-electron chi connectivity index (χ3n) is 3.36. The Balaban J connectivity index is 1.85. The van der Waals surface area contributed by atoms with E-state index in [9.17, 15) is 14.4 Å². The second kappa shape index (κ2) is 6.87. The summed E-state index contributed by atoms with van der Waals surface area (Å²) in [7, 11) is 0. The number of carbonyl (C=O) groups is 2. The van der Waals surface area contributed by atoms with Gasteiger partial charge >= 0.3 is 5.76 Å². The average molecular weight is 339 g/mol. The Morgan fingerprint density at radius 3 is 2.76 bits per heavy atom. The molecule has 0 atom stereocenters. The molecule has 1 N–H and O–H groups in total. The first-order valence-corrected chi connectivity index (χ1v) is 7.29. The largest absolute Gasteiger partial charge is 0.442 e. The van der Waals surface area contributed by atoms with Crippen LogP contribution in [0.3, 0.4) is 0 Å². The molecule has 2 heterocycles. The molecule has 0 fully saturated rings. The highest BCUT2D eigenvalue weighted by Crippen LogP contribution is 2.16. The molecule has 0 aliphatic rings. The van der Waals surface area contributed by atoms with E-state index < -0.39 is 11.7 Å². The molecular weight excluding hydrogens is 326 g/mol. The van der Waals surface area contributed by atoms with Crippen LogP contribution in [0.25, 0.3) is 11.5 Å². The summed E-state index contributed by atoms with van der Waals surface area (Å²) in [4.78, 5) is 43.7. The predicted octanol–water partition coefficient (Wildman–Crippen LogP) is 1.13. The van der Waals surface area contributed by atoms with E-state index in [1.807, 2.05) is 0 Å². The summed E-state index contributed by atoms with van der Waals surface area (Å²) in [6.07, 6.45) is 4.30. The zero-order chi connectivity index (χ0) is 17.8. The van der Waals surface area contributed by atoms with Crippen molar-refractivity contribution in [2.45, 2.75) is 13.5 Å². The molecule has 1 amide bonds. The van der Waals surface area contributed by atoms with Crippen LogP contribution in [0.15, 0.2) is 52.2 Å². The summed E-state index contributed by atoms with van der Waals surface area (Å²) in [5.41, 5.74) is 1.04. The number of benzene rings is 1. The van der Waals surface area contributed by atoms with Crippen molar-refractivity contribution >= 4 is 17.4 Å². The molecule has 126 valence electrons. The van der Waals surface area contributed by atoms with Crippen LogP contribution in [0.5, 0.6) is 0 Å². The first-order valence-electron chi connectivity index (χ1n) is 7.29. The Hall–Kier alpha value is -3.62. The van der Waals surface area contributed by atoms with Crippen molar-refractivity contribution in [1.82, 2.24) is 19.7 Å². The third-order valence-corrected chi connectivity index (χ3v) is 3.36. The number of aromatic nitrogens is 4. The normalized spacial score (nSPS) is 10.4. The summed E-state index contributed by atoms with van der Waals surface area (Å²) < 4.78 is 5.66. The molecule has 9 heteroatoms. The van der Waals surface area contributed by atoms with Gasteiger partial charge in [0.05, 0.1) is 11.9 Å². The van der Waals surface area contributed by atoms with Crippen LogP contribution >= 0.6 is 0 Å². The number of anilines is 1. The van der Waals surface area contributed by atoms with Gasteiger partial charge in [0.1, 0.15) is 12.2 Å². The minimum atomic E-state index is -0.796. The highest BCUT2D eigenvalue weighted by atomic mass is 16.5. The Bertz CT molecular complexity index is 977. The van der Waals surface area contributed by atoms with Crippen molar-refractivity contribution in [3.8, 4) is 11.5 Å². The van der Waals surface area contributed by atoms with Gasteiger partial charge in [0, 0.05) is 18.0 Å². The zero-order valence-corrected chi connectivity index (χ0v) is 13.2. The van der Waals surface area contributed by atoms with Crippen molar-refractivity contribution in [3.63, 3.8) is 0 Å². The Morgan fingerprint density at radius 1 is 1.24 bits per heavy atom. The predicted molar refractivity (Wildman–Crippen MR) is 86.9 cm³/mol. The zero-order valence-electron chi connectivity index (χ0n) is 13.2. The summed E-state index contributed by atoms with van der Waals surface area (Å²) in [5, 5.41) is 6.24. The standard InChI is InChI=1S/C16H13N5O4/c1-10(22)11-4-2-3-5-12(11)19-14(23)9-21-15(20-25-16(21)24)13-8-17-6-7-18-13/h2-8H,9H2,1H3,(H,19,23). The minimum absolute atomic E-state index is 0.0908. The van der Waals surface area contributed by atoms with Crippen molar-refractivity contribution < 1.29 is 14.1 Å². The van der Waals surface area contributed by atoms with Crippen LogP contribution in [-0.2, 0) is 11.3 Å². The van der Waals surface area contributed by atoms with Gasteiger partial charge in [0.25, 0.3) is 0 Å². The molecule has 0 aliphatic carbocycles. The van der Waals surface area contributed by atoms with Crippen LogP contribution in [-0.4, -0.2) is 31.4 Å². The molecule has 3 rings (SSSR count). The quantitative estimate of drug-likeness (QED) is 0.692. The fourth-order valence-electron chi connectivity index (χ4n) is 2.24. The van der Waals surface area contributed by atoms with E-state index in [0.29, 0.717) is 16.9 Å². The fourth-order valence-corrected chi connectivity index (χ4v) is 2.24. The molecule has 25 heavy (non-hydrogen) atoms. The number of nitrogens with zero attached hydrogens (tertiary/aromatic N) is 4. The number of ketones is 1. The maximum Gasteiger partial charge on any atom is 0.442 e. The van der Waals surface area contributed by atoms with Gasteiger partial charge in [-0.05, 0) is 19.1 Å². The highest BCUT2D eigenvalue weighted by molar-refractivity contribution is 6.03. The lowest BCUT2D eigenvalue weighted by atomic mass is 10.1. The van der Waals surface area contributed by atoms with Crippen LogP contribution < -0.4 is 11.1 Å². The number of rotatable bonds is 5. The molecule has 3 aromatic rings. The minimum Gasteiger partial charge on any atom is -0.324 e. The van der Waals surface area contributed by atoms with E-state index >= 15 is 0 Å². The van der Waals surface area contributed by atoms with E-state index in [-0.39, 0.29) is 18.2 Å². The SMILES string of the molecule is CC(=O)c1ccccc1NC(=O)Cn1c(-c2cnccn2)noc1=O. The monoisotopic (exact) mass is 339 g/mol. The van der Waals surface area contributed by atoms with Crippen molar-refractivity contribution in [3.05, 3.63) is 59.0 Å². The van der Waals surface area contributed by atoms with Gasteiger partial charge in [0.2, 0.25) is 11.7 Å². The maximum absolute atomic E-state index is 12.3. The highest BCUT2D eigenvalue weighted by Gasteiger charge is 2.18. The van der Waals surface area contributed by atoms with Gasteiger partial charge in [-0.15, -0.1) is 0 Å². The fraction of sp³-hybridized carbons (Fsp3) is 0.125. The van der Waals surface area contributed by atoms with Crippen LogP contribution in [0.4, 0.5) is 5.69 Å². The number of Topliss-reactive ketones (excluding diaryl/α,β-unsaturated/α-hetero) is 1. The third kappa shape index (κ3) is 3.50. The summed E-state index contributed by atoms with van der Waals surface area (Å²) in [6.45, 7) is 1.06. The molecule has 0 bridgehead atoms. The molecule has 2 aromatic heterocycles. The maximum atomic E-state index is 12.3. The first-order chi connectivity index (χ1) is 12.1. The lowest BCUT2D eigenvalue weighted by molar-refractivity contribution is -0.116. The Morgan fingerprint density at radius 2 is 2.04 bits per heavy atom. The molecule has 0 aliphatic heterocycles. The summed E-state index contributed by atoms with van der Waals surface area (Å²) >= 11 is 0. The number of hydrogen-bond donors (Lipinski definition) is 1. The van der Waals surface area contributed by atoms with Crippen molar-refractivity contribution in [2.75, 3.05) is 5.32 Å². The smallest absolute Gasteiger partial charge is 0.324 e. The van der Waals surface area contributed by atoms with Crippen LogP contribution in [0.2, 0.25) is 0 Å². The van der Waals surface area contributed by atoms with Crippen molar-refractivity contribution in [2.24, 2.45) is 0 Å².